The highest BCUT2D eigenvalue weighted by Gasteiger charge is 2.21. The lowest BCUT2D eigenvalue weighted by molar-refractivity contribution is -0.307. The maximum Gasteiger partial charge on any atom is 0.241 e. The number of carbonyl (C=O) groups excluding carboxylic acids is 2. The van der Waals surface area contributed by atoms with Crippen molar-refractivity contribution in [3.8, 4) is 0 Å². The van der Waals surface area contributed by atoms with Gasteiger partial charge in [-0.25, -0.2) is 13.1 Å². The molecule has 0 heterocycles. The summed E-state index contributed by atoms with van der Waals surface area (Å²) in [5.41, 5.74) is 1.02. The molecule has 9 heteroatoms. The first-order valence-corrected chi connectivity index (χ1v) is 9.39. The molecule has 0 unspecified atom stereocenters. The monoisotopic (exact) mass is 395 g/mol. The van der Waals surface area contributed by atoms with Gasteiger partial charge in [0.05, 0.1) is 16.9 Å². The van der Waals surface area contributed by atoms with Gasteiger partial charge in [-0.3, -0.25) is 4.79 Å². The molecule has 2 aromatic rings. The van der Waals surface area contributed by atoms with Crippen molar-refractivity contribution in [1.29, 1.82) is 0 Å². The molecular weight excluding hydrogens is 380 g/mol. The summed E-state index contributed by atoms with van der Waals surface area (Å²) in [6, 6.07) is 10.3. The molecule has 2 aromatic carbocycles. The van der Waals surface area contributed by atoms with Crippen LogP contribution in [-0.2, 0) is 26.0 Å². The summed E-state index contributed by atoms with van der Waals surface area (Å²) < 4.78 is 27.0. The average molecular weight is 396 g/mol. The van der Waals surface area contributed by atoms with Crippen molar-refractivity contribution in [3.05, 3.63) is 59.1 Å². The van der Waals surface area contributed by atoms with Crippen LogP contribution in [0.4, 0.5) is 5.69 Å². The minimum Gasteiger partial charge on any atom is -0.548 e. The number of rotatable bonds is 7. The van der Waals surface area contributed by atoms with E-state index in [0.29, 0.717) is 16.3 Å². The van der Waals surface area contributed by atoms with E-state index in [-0.39, 0.29) is 17.2 Å². The van der Waals surface area contributed by atoms with Crippen LogP contribution in [0.1, 0.15) is 12.5 Å². The number of anilines is 1. The fourth-order valence-electron chi connectivity index (χ4n) is 2.21. The minimum atomic E-state index is -4.09. The number of benzene rings is 2. The Labute approximate surface area is 156 Å². The van der Waals surface area contributed by atoms with Crippen molar-refractivity contribution in [2.45, 2.75) is 24.3 Å². The molecule has 0 aliphatic heterocycles. The second-order valence-electron chi connectivity index (χ2n) is 5.53. The first-order valence-electron chi connectivity index (χ1n) is 7.52. The summed E-state index contributed by atoms with van der Waals surface area (Å²) in [5.74, 6) is -1.84. The summed E-state index contributed by atoms with van der Waals surface area (Å²) in [6.07, 6.45) is -0.0945. The van der Waals surface area contributed by atoms with Gasteiger partial charge in [-0.1, -0.05) is 23.7 Å². The van der Waals surface area contributed by atoms with Crippen LogP contribution in [0.3, 0.4) is 0 Å². The van der Waals surface area contributed by atoms with E-state index in [2.05, 4.69) is 10.0 Å². The molecule has 2 rings (SSSR count). The largest absolute Gasteiger partial charge is 0.548 e. The Bertz CT molecular complexity index is 896. The zero-order chi connectivity index (χ0) is 19.3. The zero-order valence-electron chi connectivity index (χ0n) is 13.7. The normalized spacial score (nSPS) is 12.4. The lowest BCUT2D eigenvalue weighted by atomic mass is 10.1. The van der Waals surface area contributed by atoms with Gasteiger partial charge in [0, 0.05) is 17.6 Å². The Balaban J connectivity index is 2.16. The van der Waals surface area contributed by atoms with Crippen LogP contribution in [0, 0.1) is 0 Å². The van der Waals surface area contributed by atoms with E-state index >= 15 is 0 Å². The van der Waals surface area contributed by atoms with Gasteiger partial charge < -0.3 is 15.2 Å². The van der Waals surface area contributed by atoms with Crippen LogP contribution >= 0.6 is 11.6 Å². The second kappa shape index (κ2) is 8.31. The molecular formula is C17H16ClN2O5S-. The smallest absolute Gasteiger partial charge is 0.241 e. The maximum absolute atomic E-state index is 12.4. The number of carboxylic acids is 1. The van der Waals surface area contributed by atoms with Gasteiger partial charge in [-0.05, 0) is 48.4 Å². The van der Waals surface area contributed by atoms with Crippen molar-refractivity contribution in [3.63, 3.8) is 0 Å². The van der Waals surface area contributed by atoms with Crippen LogP contribution < -0.4 is 15.1 Å². The van der Waals surface area contributed by atoms with E-state index in [1.54, 1.807) is 24.3 Å². The topological polar surface area (TPSA) is 115 Å². The highest BCUT2D eigenvalue weighted by atomic mass is 35.5. The third kappa shape index (κ3) is 5.55. The fourth-order valence-corrected chi connectivity index (χ4v) is 3.52. The molecule has 2 N–H and O–H groups in total. The van der Waals surface area contributed by atoms with Gasteiger partial charge in [0.25, 0.3) is 0 Å². The lowest BCUT2D eigenvalue weighted by Gasteiger charge is -2.20. The first-order chi connectivity index (χ1) is 12.2. The van der Waals surface area contributed by atoms with Crippen molar-refractivity contribution in [2.24, 2.45) is 0 Å². The number of hydrogen-bond donors (Lipinski definition) is 2. The Morgan fingerprint density at radius 3 is 2.15 bits per heavy atom. The summed E-state index contributed by atoms with van der Waals surface area (Å²) in [6.45, 7) is 1.33. The third-order valence-corrected chi connectivity index (χ3v) is 5.16. The Morgan fingerprint density at radius 2 is 1.65 bits per heavy atom. The molecule has 0 spiro atoms. The van der Waals surface area contributed by atoms with Crippen molar-refractivity contribution >= 4 is 39.2 Å². The third-order valence-electron chi connectivity index (χ3n) is 3.42. The molecule has 7 nitrogen and oxygen atoms in total. The minimum absolute atomic E-state index is 0.0945. The Morgan fingerprint density at radius 1 is 1.08 bits per heavy atom. The molecule has 0 fully saturated rings. The molecule has 0 aliphatic rings. The van der Waals surface area contributed by atoms with Crippen LogP contribution in [0.15, 0.2) is 53.4 Å². The fraction of sp³-hybridized carbons (Fsp3) is 0.176. The SMILES string of the molecule is CC(=O)Nc1ccc(S(=O)(=O)N[C@@H](Cc2ccc(Cl)cc2)C(=O)[O-])cc1. The zero-order valence-corrected chi connectivity index (χ0v) is 15.3. The molecule has 0 saturated heterocycles. The number of halogens is 1. The van der Waals surface area contributed by atoms with Crippen molar-refractivity contribution in [2.75, 3.05) is 5.32 Å². The van der Waals surface area contributed by atoms with E-state index in [4.69, 9.17) is 11.6 Å². The number of carboxylic acid groups (broad SMARTS) is 1. The highest BCUT2D eigenvalue weighted by molar-refractivity contribution is 7.89. The molecule has 26 heavy (non-hydrogen) atoms. The summed E-state index contributed by atoms with van der Waals surface area (Å²) >= 11 is 5.78. The maximum atomic E-state index is 12.4. The molecule has 0 radical (unpaired) electrons. The standard InChI is InChI=1S/C17H17ClN2O5S/c1-11(21)19-14-6-8-15(9-7-14)26(24,25)20-16(17(22)23)10-12-2-4-13(18)5-3-12/h2-9,16,20H,10H2,1H3,(H,19,21)(H,22,23)/p-1/t16-/m0/s1. The number of sulfonamides is 1. The van der Waals surface area contributed by atoms with E-state index in [9.17, 15) is 23.1 Å². The Hall–Kier alpha value is -2.42. The van der Waals surface area contributed by atoms with Crippen molar-refractivity contribution < 1.29 is 23.1 Å². The van der Waals surface area contributed by atoms with Gasteiger partial charge in [-0.15, -0.1) is 0 Å². The van der Waals surface area contributed by atoms with Gasteiger partial charge in [0.15, 0.2) is 0 Å². The van der Waals surface area contributed by atoms with E-state index < -0.39 is 22.0 Å². The highest BCUT2D eigenvalue weighted by Crippen LogP contribution is 2.16. The van der Waals surface area contributed by atoms with Crippen LogP contribution in [-0.4, -0.2) is 26.3 Å². The molecule has 0 bridgehead atoms. The van der Waals surface area contributed by atoms with Crippen LogP contribution in [0.25, 0.3) is 0 Å². The predicted octanol–water partition coefficient (Wildman–Crippen LogP) is 0.938. The molecule has 1 atom stereocenters. The molecule has 0 saturated carbocycles. The molecule has 0 aliphatic carbocycles. The molecule has 0 aromatic heterocycles. The number of carbonyl (C=O) groups is 2. The molecule has 138 valence electrons. The number of nitrogens with one attached hydrogen (secondary N) is 2. The lowest BCUT2D eigenvalue weighted by Crippen LogP contribution is -2.49. The summed E-state index contributed by atoms with van der Waals surface area (Å²) in [7, 11) is -4.09. The number of aliphatic carboxylic acids is 1. The molecule has 1 amide bonds. The van der Waals surface area contributed by atoms with Gasteiger partial charge in [0.1, 0.15) is 0 Å². The van der Waals surface area contributed by atoms with E-state index in [1.165, 1.54) is 31.2 Å². The quantitative estimate of drug-likeness (QED) is 0.723. The first kappa shape index (κ1) is 19.9. The summed E-state index contributed by atoms with van der Waals surface area (Å²) in [5, 5.41) is 14.3. The average Bonchev–Trinajstić information content (AvgIpc) is 2.56. The Kier molecular flexibility index (Phi) is 6.36. The van der Waals surface area contributed by atoms with Gasteiger partial charge in [0.2, 0.25) is 15.9 Å². The van der Waals surface area contributed by atoms with Gasteiger partial charge >= 0.3 is 0 Å². The second-order valence-corrected chi connectivity index (χ2v) is 7.68. The summed E-state index contributed by atoms with van der Waals surface area (Å²) in [4.78, 5) is 22.2. The van der Waals surface area contributed by atoms with Crippen molar-refractivity contribution in [1.82, 2.24) is 4.72 Å². The van der Waals surface area contributed by atoms with E-state index in [1.807, 2.05) is 0 Å². The predicted molar refractivity (Wildman–Crippen MR) is 95.0 cm³/mol. The van der Waals surface area contributed by atoms with Crippen LogP contribution in [0.5, 0.6) is 0 Å². The number of amides is 1. The van der Waals surface area contributed by atoms with Crippen LogP contribution in [0.2, 0.25) is 5.02 Å². The van der Waals surface area contributed by atoms with Gasteiger partial charge in [-0.2, -0.15) is 0 Å². The van der Waals surface area contributed by atoms with E-state index in [0.717, 1.165) is 0 Å². The number of hydrogen-bond acceptors (Lipinski definition) is 5.